The molecule has 0 aliphatic rings. The lowest BCUT2D eigenvalue weighted by molar-refractivity contribution is -0.605. The summed E-state index contributed by atoms with van der Waals surface area (Å²) in [6.07, 6.45) is 15.5. The van der Waals surface area contributed by atoms with Crippen molar-refractivity contribution < 1.29 is 58.5 Å². The van der Waals surface area contributed by atoms with Gasteiger partial charge in [0, 0.05) is 123 Å². The van der Waals surface area contributed by atoms with Crippen LogP contribution in [0.25, 0.3) is 149 Å². The highest BCUT2D eigenvalue weighted by molar-refractivity contribution is 7.89. The number of hydrogen-bond donors (Lipinski definition) is 1. The average Bonchev–Trinajstić information content (AvgIpc) is 1.66. The number of ether oxygens (including phenoxy) is 1. The highest BCUT2D eigenvalue weighted by atomic mass is 35.5. The van der Waals surface area contributed by atoms with Crippen LogP contribution >= 0.6 is 11.6 Å². The molecule has 0 radical (unpaired) electrons. The summed E-state index contributed by atoms with van der Waals surface area (Å²) in [5.41, 5.74) is 18.3. The molecule has 7 aromatic carbocycles. The van der Waals surface area contributed by atoms with Gasteiger partial charge in [0.2, 0.25) is 68.5 Å². The molecule has 0 aliphatic heterocycles. The number of sulfonamides is 1. The lowest BCUT2D eigenvalue weighted by Gasteiger charge is -1.98. The molecule has 0 amide bonds. The number of methoxy groups -OCH3 is 1. The highest BCUT2D eigenvalue weighted by Crippen LogP contribution is 2.31. The Morgan fingerprint density at radius 1 is 0.377 bits per heavy atom. The van der Waals surface area contributed by atoms with Gasteiger partial charge in [-0.25, -0.2) is 28.5 Å². The van der Waals surface area contributed by atoms with E-state index in [1.807, 2.05) is 192 Å². The third kappa shape index (κ3) is 26.4. The number of pyridine rings is 5. The van der Waals surface area contributed by atoms with E-state index in [4.69, 9.17) is 57.7 Å². The summed E-state index contributed by atoms with van der Waals surface area (Å²) in [4.78, 5) is 45.8. The van der Waals surface area contributed by atoms with Gasteiger partial charge in [-0.15, -0.1) is 0 Å². The van der Waals surface area contributed by atoms with E-state index >= 15 is 0 Å². The van der Waals surface area contributed by atoms with Crippen molar-refractivity contribution in [1.82, 2.24) is 106 Å². The fraction of sp³-hybridized carbons (Fsp3) is 0.120. The summed E-state index contributed by atoms with van der Waals surface area (Å²) in [6.45, 7) is 16.3. The Hall–Kier alpha value is -17.7. The Morgan fingerprint density at radius 3 is 1.14 bits per heavy atom. The van der Waals surface area contributed by atoms with Crippen LogP contribution in [0.3, 0.4) is 0 Å². The van der Waals surface area contributed by atoms with Crippen molar-refractivity contribution in [1.29, 1.82) is 0 Å². The SMILES string of the molecule is CC(C)Cc1cc(-c2nc(-c3ccc(S(N)(=O)=O)cc3)no2)no1.COc1cc(-c2nc(-c3ccc(C)cc3)no2)ccn1.Cc1ccc(-c2noc(-c3cc[n+]([O-])cc3)n2)cc1.Cc1ccc(-c2noc(-c3ccnc(Cl)c3)n2)cc1.Cc1ccc(-c2noc(-c3ccnc(F)c3)n2)cc1.Cc1ccc(-c2noc(-c3ccnnc3)n2)cc1.Cc1ccc(-c2noc(Cc3ccncc3)n2)cc1. The molecule has 690 valence electrons. The lowest BCUT2D eigenvalue weighted by Crippen LogP contribution is -2.23. The Morgan fingerprint density at radius 2 is 0.739 bits per heavy atom. The number of halogens is 2. The molecular weight excluding hydrogens is 1800 g/mol. The average molecular weight is 1890 g/mol. The molecule has 14 aromatic heterocycles. The molecular formula is C100H83ClFN23O12S. The van der Waals surface area contributed by atoms with Crippen LogP contribution in [0, 0.1) is 58.6 Å². The highest BCUT2D eigenvalue weighted by Gasteiger charge is 2.21. The van der Waals surface area contributed by atoms with Crippen molar-refractivity contribution >= 4 is 21.6 Å². The van der Waals surface area contributed by atoms with E-state index in [-0.39, 0.29) is 16.7 Å². The topological polar surface area (TPSA) is 472 Å². The maximum absolute atomic E-state index is 13.0. The lowest BCUT2D eigenvalue weighted by atomic mass is 10.1. The van der Waals surface area contributed by atoms with Crippen molar-refractivity contribution in [2.24, 2.45) is 11.1 Å². The number of aromatic nitrogens is 22. The van der Waals surface area contributed by atoms with Crippen LogP contribution in [0.15, 0.2) is 340 Å². The zero-order valence-electron chi connectivity index (χ0n) is 75.3. The van der Waals surface area contributed by atoms with Gasteiger partial charge < -0.3 is 46.1 Å². The largest absolute Gasteiger partial charge is 0.619 e. The fourth-order valence-electron chi connectivity index (χ4n) is 12.5. The number of rotatable bonds is 19. The van der Waals surface area contributed by atoms with Crippen LogP contribution in [0.1, 0.15) is 64.4 Å². The fourth-order valence-corrected chi connectivity index (χ4v) is 13.2. The first-order valence-electron chi connectivity index (χ1n) is 42.4. The molecule has 0 spiro atoms. The van der Waals surface area contributed by atoms with Crippen LogP contribution < -0.4 is 14.6 Å². The van der Waals surface area contributed by atoms with Gasteiger partial charge in [-0.2, -0.15) is 54.2 Å². The minimum Gasteiger partial charge on any atom is -0.619 e. The molecule has 0 fully saturated rings. The van der Waals surface area contributed by atoms with Crippen molar-refractivity contribution in [3.63, 3.8) is 0 Å². The first kappa shape index (κ1) is 94.9. The molecule has 21 aromatic rings. The summed E-state index contributed by atoms with van der Waals surface area (Å²) >= 11 is 5.83. The van der Waals surface area contributed by atoms with Gasteiger partial charge in [-0.1, -0.05) is 246 Å². The molecule has 0 bridgehead atoms. The number of benzene rings is 7. The molecule has 0 saturated carbocycles. The van der Waals surface area contributed by atoms with E-state index in [9.17, 15) is 18.0 Å². The third-order valence-electron chi connectivity index (χ3n) is 19.8. The summed E-state index contributed by atoms with van der Waals surface area (Å²) < 4.78 is 83.1. The first-order valence-corrected chi connectivity index (χ1v) is 44.3. The first-order chi connectivity index (χ1) is 66.9. The minimum absolute atomic E-state index is 0.0183. The second-order valence-corrected chi connectivity index (χ2v) is 33.0. The van der Waals surface area contributed by atoms with Crippen molar-refractivity contribution in [3.8, 4) is 154 Å². The molecule has 0 atom stereocenters. The Bertz CT molecular complexity index is 7420. The van der Waals surface area contributed by atoms with Crippen LogP contribution in [0.2, 0.25) is 5.15 Å². The van der Waals surface area contributed by atoms with Crippen molar-refractivity contribution in [2.45, 2.75) is 73.1 Å². The summed E-state index contributed by atoms with van der Waals surface area (Å²) in [5, 5.41) is 55.5. The van der Waals surface area contributed by atoms with Crippen LogP contribution in [-0.4, -0.2) is 122 Å². The third-order valence-corrected chi connectivity index (χ3v) is 21.0. The van der Waals surface area contributed by atoms with Gasteiger partial charge in [0.1, 0.15) is 10.9 Å². The van der Waals surface area contributed by atoms with Gasteiger partial charge in [0.15, 0.2) is 18.1 Å². The van der Waals surface area contributed by atoms with E-state index in [0.717, 1.165) is 78.9 Å². The monoisotopic (exact) mass is 1880 g/mol. The van der Waals surface area contributed by atoms with Crippen LogP contribution in [-0.2, 0) is 22.9 Å². The number of nitrogens with zero attached hydrogens (tertiary/aromatic N) is 22. The van der Waals surface area contributed by atoms with Gasteiger partial charge >= 0.3 is 0 Å². The van der Waals surface area contributed by atoms with E-state index in [0.29, 0.717) is 115 Å². The molecule has 38 heteroatoms. The number of aryl methyl sites for hydroxylation is 6. The molecule has 21 rings (SSSR count). The summed E-state index contributed by atoms with van der Waals surface area (Å²) in [7, 11) is -2.17. The minimum atomic E-state index is -3.73. The predicted octanol–water partition coefficient (Wildman–Crippen LogP) is 20.2. The van der Waals surface area contributed by atoms with E-state index in [2.05, 4.69) is 127 Å². The van der Waals surface area contributed by atoms with Gasteiger partial charge in [0.25, 0.3) is 35.3 Å². The van der Waals surface area contributed by atoms with E-state index < -0.39 is 16.0 Å². The van der Waals surface area contributed by atoms with E-state index in [1.54, 1.807) is 111 Å². The zero-order chi connectivity index (χ0) is 96.4. The molecule has 0 aliphatic carbocycles. The molecule has 138 heavy (non-hydrogen) atoms. The Kier molecular flexibility index (Phi) is 31.0. The van der Waals surface area contributed by atoms with Gasteiger partial charge in [-0.05, 0) is 120 Å². The molecule has 14 heterocycles. The normalized spacial score (nSPS) is 10.8. The Balaban J connectivity index is 0.000000122. The number of nitrogens with two attached hydrogens (primary N) is 1. The molecule has 0 saturated heterocycles. The Labute approximate surface area is 792 Å². The standard InChI is InChI=1S/C15H16N4O4S.C15H13N3O2.C15H13N3O.C14H10ClN3O.C14H10FN3O.C14H11N3O2.C13H10N4O/c1-9(2)7-11-8-13(18-22-11)15-17-14(19-23-15)10-3-5-12(6-4-10)24(16,20)21;1-10-3-5-11(6-4-10)14-17-15(20-18-14)12-7-8-16-13(9-12)19-2;1-11-2-4-13(5-3-11)15-17-14(19-18-15)10-12-6-8-16-9-7-12;2*1-9-2-4-10(5-3-9)13-17-14(19-18-13)11-6-7-16-12(15)8-11;1-10-2-4-11(5-3-10)13-15-14(19-16-13)12-6-8-17(18)9-7-12;1-9-2-4-10(5-3-9)12-16-13(18-17-12)11-6-7-14-15-8-11/h3-6,8-9H,7H2,1-2H3,(H2,16,20,21);3-9H,1-2H3;2-9H,10H2,1H3;2*2-8H,1H3;2-9H,1H3;2-8H,1H3. The number of primary sulfonamides is 1. The smallest absolute Gasteiger partial charge is 0.280 e. The second-order valence-electron chi connectivity index (χ2n) is 31.0. The number of hydrogen-bond acceptors (Lipinski definition) is 33. The molecule has 2 N–H and O–H groups in total. The second kappa shape index (κ2) is 45.1. The van der Waals surface area contributed by atoms with E-state index in [1.165, 1.54) is 64.6 Å². The maximum Gasteiger partial charge on any atom is 0.280 e. The van der Waals surface area contributed by atoms with Gasteiger partial charge in [0.05, 0.1) is 41.9 Å². The maximum atomic E-state index is 13.0. The van der Waals surface area contributed by atoms with Crippen LogP contribution in [0.4, 0.5) is 4.39 Å². The molecule has 0 unspecified atom stereocenters. The van der Waals surface area contributed by atoms with Crippen molar-refractivity contribution in [3.05, 3.63) is 365 Å². The van der Waals surface area contributed by atoms with Gasteiger partial charge in [-0.3, -0.25) is 4.98 Å². The van der Waals surface area contributed by atoms with Crippen molar-refractivity contribution in [2.75, 3.05) is 7.11 Å². The summed E-state index contributed by atoms with van der Waals surface area (Å²) in [6, 6.07) is 74.1. The zero-order valence-corrected chi connectivity index (χ0v) is 76.8. The predicted molar refractivity (Wildman–Crippen MR) is 506 cm³/mol. The van der Waals surface area contributed by atoms with Crippen LogP contribution in [0.5, 0.6) is 5.88 Å². The quantitative estimate of drug-likeness (QED) is 0.0446. The molecule has 35 nitrogen and oxygen atoms in total. The summed E-state index contributed by atoms with van der Waals surface area (Å²) in [5.74, 6) is 7.63.